The Morgan fingerprint density at radius 2 is 1.64 bits per heavy atom. The molecular weight excluding hydrogens is 344 g/mol. The Bertz CT molecular complexity index is 1330. The molecule has 0 atom stereocenters. The highest BCUT2D eigenvalue weighted by Crippen LogP contribution is 2.36. The van der Waals surface area contributed by atoms with E-state index in [9.17, 15) is 0 Å². The third-order valence-corrected chi connectivity index (χ3v) is 5.35. The molecule has 0 spiro atoms. The van der Waals surface area contributed by atoms with Crippen LogP contribution in [0.5, 0.6) is 0 Å². The number of hydrogen-bond donors (Lipinski definition) is 0. The minimum atomic E-state index is 0.703. The first kappa shape index (κ1) is 16.7. The van der Waals surface area contributed by atoms with E-state index in [2.05, 4.69) is 84.3 Å². The van der Waals surface area contributed by atoms with Gasteiger partial charge in [-0.2, -0.15) is 0 Å². The quantitative estimate of drug-likeness (QED) is 0.373. The maximum atomic E-state index is 6.25. The monoisotopic (exact) mass is 365 g/mol. The maximum Gasteiger partial charge on any atom is 0.227 e. The Hall–Kier alpha value is -3.46. The van der Waals surface area contributed by atoms with Gasteiger partial charge in [-0.05, 0) is 49.2 Å². The van der Waals surface area contributed by atoms with Crippen LogP contribution in [0.15, 0.2) is 77.3 Å². The number of aromatic nitrogens is 2. The van der Waals surface area contributed by atoms with E-state index in [0.717, 1.165) is 33.3 Å². The van der Waals surface area contributed by atoms with Crippen LogP contribution in [0.1, 0.15) is 11.3 Å². The van der Waals surface area contributed by atoms with Crippen LogP contribution in [0.4, 0.5) is 0 Å². The molecule has 3 aromatic heterocycles. The smallest absolute Gasteiger partial charge is 0.227 e. The first-order valence-corrected chi connectivity index (χ1v) is 9.47. The van der Waals surface area contributed by atoms with E-state index in [1.165, 1.54) is 16.7 Å². The molecule has 5 rings (SSSR count). The Balaban J connectivity index is 1.73. The largest absolute Gasteiger partial charge is 0.437 e. The summed E-state index contributed by atoms with van der Waals surface area (Å²) in [6.45, 7) is 4.11. The lowest BCUT2D eigenvalue weighted by atomic mass is 10.0. The van der Waals surface area contributed by atoms with Crippen LogP contribution in [0.2, 0.25) is 0 Å². The molecule has 28 heavy (non-hydrogen) atoms. The number of furan rings is 1. The van der Waals surface area contributed by atoms with Crippen LogP contribution in [0.3, 0.4) is 0 Å². The van der Waals surface area contributed by atoms with Gasteiger partial charge in [-0.1, -0.05) is 36.4 Å². The molecule has 0 amide bonds. The fourth-order valence-electron chi connectivity index (χ4n) is 3.91. The van der Waals surface area contributed by atoms with Gasteiger partial charge in [0.15, 0.2) is 11.8 Å². The third-order valence-electron chi connectivity index (χ3n) is 5.35. The Morgan fingerprint density at radius 1 is 0.821 bits per heavy atom. The molecule has 3 heteroatoms. The molecule has 3 heterocycles. The molecule has 0 saturated heterocycles. The summed E-state index contributed by atoms with van der Waals surface area (Å²) >= 11 is 0. The summed E-state index contributed by atoms with van der Waals surface area (Å²) in [4.78, 5) is 4.59. The number of fused-ring (bicyclic) bond motifs is 3. The van der Waals surface area contributed by atoms with Crippen LogP contribution >= 0.6 is 0 Å². The molecule has 136 valence electrons. The molecule has 5 aromatic rings. The van der Waals surface area contributed by atoms with Gasteiger partial charge in [0.25, 0.3) is 0 Å². The van der Waals surface area contributed by atoms with E-state index in [-0.39, 0.29) is 0 Å². The fourth-order valence-corrected chi connectivity index (χ4v) is 3.91. The van der Waals surface area contributed by atoms with E-state index in [4.69, 9.17) is 4.42 Å². The van der Waals surface area contributed by atoms with Crippen molar-refractivity contribution >= 4 is 22.1 Å². The van der Waals surface area contributed by atoms with Gasteiger partial charge >= 0.3 is 0 Å². The summed E-state index contributed by atoms with van der Waals surface area (Å²) in [5, 5.41) is 2.22. The molecule has 0 aliphatic heterocycles. The van der Waals surface area contributed by atoms with Gasteiger partial charge in [-0.25, -0.2) is 9.55 Å². The minimum absolute atomic E-state index is 0.703. The lowest BCUT2D eigenvalue weighted by molar-refractivity contribution is -0.659. The van der Waals surface area contributed by atoms with Crippen LogP contribution in [0.25, 0.3) is 44.5 Å². The van der Waals surface area contributed by atoms with Crippen LogP contribution in [0, 0.1) is 13.8 Å². The highest BCUT2D eigenvalue weighted by Gasteiger charge is 2.20. The van der Waals surface area contributed by atoms with E-state index in [1.807, 2.05) is 19.1 Å². The number of rotatable bonds is 2. The van der Waals surface area contributed by atoms with Crippen molar-refractivity contribution in [2.24, 2.45) is 7.05 Å². The zero-order valence-corrected chi connectivity index (χ0v) is 16.2. The minimum Gasteiger partial charge on any atom is -0.437 e. The lowest BCUT2D eigenvalue weighted by Gasteiger charge is -2.05. The third kappa shape index (κ3) is 2.59. The van der Waals surface area contributed by atoms with Gasteiger partial charge in [-0.3, -0.25) is 0 Å². The van der Waals surface area contributed by atoms with Crippen molar-refractivity contribution in [3.63, 3.8) is 0 Å². The van der Waals surface area contributed by atoms with Gasteiger partial charge in [0.2, 0.25) is 11.4 Å². The number of hydrogen-bond acceptors (Lipinski definition) is 2. The van der Waals surface area contributed by atoms with E-state index >= 15 is 0 Å². The second-order valence-electron chi connectivity index (χ2n) is 7.32. The molecule has 0 aliphatic carbocycles. The van der Waals surface area contributed by atoms with Crippen molar-refractivity contribution in [3.8, 4) is 22.4 Å². The van der Waals surface area contributed by atoms with Crippen molar-refractivity contribution in [1.82, 2.24) is 4.98 Å². The summed E-state index contributed by atoms with van der Waals surface area (Å²) in [5.74, 6) is 0. The van der Waals surface area contributed by atoms with Crippen molar-refractivity contribution < 1.29 is 8.98 Å². The molecule has 0 fully saturated rings. The van der Waals surface area contributed by atoms with Gasteiger partial charge < -0.3 is 4.42 Å². The van der Waals surface area contributed by atoms with Crippen LogP contribution in [-0.2, 0) is 7.05 Å². The predicted molar refractivity (Wildman–Crippen MR) is 113 cm³/mol. The van der Waals surface area contributed by atoms with Crippen LogP contribution in [-0.4, -0.2) is 4.98 Å². The summed E-state index contributed by atoms with van der Waals surface area (Å²) in [5.41, 5.74) is 8.36. The summed E-state index contributed by atoms with van der Waals surface area (Å²) in [7, 11) is 2.08. The SMILES string of the molecule is Cc1ccc2c(n1)oc1c(-c3ccc(-c4ccccc4)c[n+]3C)ccc(C)c12. The molecule has 0 unspecified atom stereocenters. The zero-order chi connectivity index (χ0) is 19.3. The van der Waals surface area contributed by atoms with Gasteiger partial charge in [0.1, 0.15) is 7.05 Å². The van der Waals surface area contributed by atoms with E-state index in [1.54, 1.807) is 0 Å². The standard InChI is InChI=1S/C25H21N2O/c1-16-9-12-20(24-23(16)21-13-10-17(2)26-25(21)28-24)22-14-11-19(15-27(22)3)18-7-5-4-6-8-18/h4-15H,1-3H3/q+1. The Morgan fingerprint density at radius 3 is 2.43 bits per heavy atom. The van der Waals surface area contributed by atoms with E-state index < -0.39 is 0 Å². The number of benzene rings is 2. The Labute approximate surface area is 163 Å². The molecule has 0 aliphatic rings. The van der Waals surface area contributed by atoms with Crippen LogP contribution < -0.4 is 4.57 Å². The fraction of sp³-hybridized carbons (Fsp3) is 0.120. The number of nitrogens with zero attached hydrogens (tertiary/aromatic N) is 2. The maximum absolute atomic E-state index is 6.25. The molecular formula is C25H21N2O+. The van der Waals surface area contributed by atoms with Gasteiger partial charge in [0, 0.05) is 28.1 Å². The first-order valence-electron chi connectivity index (χ1n) is 9.47. The predicted octanol–water partition coefficient (Wildman–Crippen LogP) is 5.76. The highest BCUT2D eigenvalue weighted by molar-refractivity contribution is 6.09. The number of aryl methyl sites for hydroxylation is 3. The molecule has 0 bridgehead atoms. The average molecular weight is 365 g/mol. The summed E-state index contributed by atoms with van der Waals surface area (Å²) in [6.07, 6.45) is 2.17. The topological polar surface area (TPSA) is 29.9 Å². The molecule has 0 radical (unpaired) electrons. The van der Waals surface area contributed by atoms with Crippen molar-refractivity contribution in [3.05, 3.63) is 84.2 Å². The van der Waals surface area contributed by atoms with Crippen molar-refractivity contribution in [1.29, 1.82) is 0 Å². The summed E-state index contributed by atoms with van der Waals surface area (Å²) < 4.78 is 8.41. The average Bonchev–Trinajstić information content (AvgIpc) is 3.08. The van der Waals surface area contributed by atoms with Crippen molar-refractivity contribution in [2.45, 2.75) is 13.8 Å². The number of pyridine rings is 2. The molecule has 0 saturated carbocycles. The van der Waals surface area contributed by atoms with E-state index in [0.29, 0.717) is 5.71 Å². The second kappa shape index (κ2) is 6.31. The lowest BCUT2D eigenvalue weighted by Crippen LogP contribution is -2.30. The normalized spacial score (nSPS) is 11.4. The Kier molecular flexibility index (Phi) is 3.76. The highest BCUT2D eigenvalue weighted by atomic mass is 16.3. The summed E-state index contributed by atoms with van der Waals surface area (Å²) in [6, 6.07) is 23.2. The second-order valence-corrected chi connectivity index (χ2v) is 7.32. The molecule has 2 aromatic carbocycles. The van der Waals surface area contributed by atoms with Crippen molar-refractivity contribution in [2.75, 3.05) is 0 Å². The van der Waals surface area contributed by atoms with Gasteiger partial charge in [-0.15, -0.1) is 0 Å². The molecule has 3 nitrogen and oxygen atoms in total. The molecule has 0 N–H and O–H groups in total. The first-order chi connectivity index (χ1) is 13.6. The zero-order valence-electron chi connectivity index (χ0n) is 16.2. The van der Waals surface area contributed by atoms with Gasteiger partial charge in [0.05, 0.1) is 5.56 Å².